The van der Waals surface area contributed by atoms with Gasteiger partial charge in [0.1, 0.15) is 4.83 Å². The summed E-state index contributed by atoms with van der Waals surface area (Å²) < 4.78 is 1.65. The van der Waals surface area contributed by atoms with E-state index < -0.39 is 0 Å². The zero-order chi connectivity index (χ0) is 22.1. The summed E-state index contributed by atoms with van der Waals surface area (Å²) in [5.74, 6) is 0.347. The molecule has 0 radical (unpaired) electrons. The van der Waals surface area contributed by atoms with Gasteiger partial charge in [0, 0.05) is 42.0 Å². The average molecular weight is 483 g/mol. The molecule has 0 unspecified atom stereocenters. The maximum Gasteiger partial charge on any atom is 0.268 e. The Morgan fingerprint density at radius 2 is 1.84 bits per heavy atom. The fourth-order valence-electron chi connectivity index (χ4n) is 3.76. The lowest BCUT2D eigenvalue weighted by atomic mass is 10.2. The molecule has 6 nitrogen and oxygen atoms in total. The van der Waals surface area contributed by atoms with Crippen molar-refractivity contribution in [2.24, 2.45) is 0 Å². The average Bonchev–Trinajstić information content (AvgIpc) is 3.48. The van der Waals surface area contributed by atoms with Crippen molar-refractivity contribution in [1.29, 1.82) is 0 Å². The van der Waals surface area contributed by atoms with Gasteiger partial charge in [-0.2, -0.15) is 0 Å². The lowest BCUT2D eigenvalue weighted by Crippen LogP contribution is -2.47. The number of hydrogen-bond donors (Lipinski definition) is 0. The molecule has 1 aliphatic rings. The normalized spacial score (nSPS) is 14.8. The molecule has 0 spiro atoms. The number of thiophene rings is 2. The molecule has 9 heteroatoms. The second-order valence-corrected chi connectivity index (χ2v) is 10.4. The van der Waals surface area contributed by atoms with Crippen LogP contribution in [0.15, 0.2) is 63.2 Å². The first-order chi connectivity index (χ1) is 15.6. The number of aromatic nitrogens is 2. The molecule has 4 aromatic rings. The van der Waals surface area contributed by atoms with Gasteiger partial charge < -0.3 is 9.80 Å². The summed E-state index contributed by atoms with van der Waals surface area (Å²) in [6, 6.07) is 13.5. The van der Waals surface area contributed by atoms with Crippen LogP contribution in [0.25, 0.3) is 26.3 Å². The number of likely N-dealkylation sites (N-methyl/N-ethyl adjacent to an activating group) is 1. The summed E-state index contributed by atoms with van der Waals surface area (Å²) in [6.07, 6.45) is 0. The highest BCUT2D eigenvalue weighted by atomic mass is 32.2. The van der Waals surface area contributed by atoms with Crippen LogP contribution in [0.1, 0.15) is 0 Å². The Morgan fingerprint density at radius 1 is 1.06 bits per heavy atom. The van der Waals surface area contributed by atoms with Crippen molar-refractivity contribution < 1.29 is 4.79 Å². The van der Waals surface area contributed by atoms with E-state index in [-0.39, 0.29) is 17.2 Å². The van der Waals surface area contributed by atoms with Crippen molar-refractivity contribution in [3.05, 3.63) is 63.6 Å². The van der Waals surface area contributed by atoms with Crippen LogP contribution in [0.5, 0.6) is 0 Å². The SMILES string of the molecule is CN1CCN(C(=O)CSc2nc3scc(-c4cccs4)c3c(=O)n2-c2ccccc2)CC1. The van der Waals surface area contributed by atoms with Gasteiger partial charge in [-0.05, 0) is 30.6 Å². The molecule has 0 atom stereocenters. The summed E-state index contributed by atoms with van der Waals surface area (Å²) >= 11 is 4.42. The summed E-state index contributed by atoms with van der Waals surface area (Å²) in [5, 5.41) is 5.20. The number of amides is 1. The van der Waals surface area contributed by atoms with Gasteiger partial charge in [0.05, 0.1) is 16.8 Å². The summed E-state index contributed by atoms with van der Waals surface area (Å²) in [5.41, 5.74) is 1.58. The van der Waals surface area contributed by atoms with Crippen LogP contribution in [0.2, 0.25) is 0 Å². The Balaban J connectivity index is 1.53. The highest BCUT2D eigenvalue weighted by Gasteiger charge is 2.22. The van der Waals surface area contributed by atoms with Crippen molar-refractivity contribution in [3.63, 3.8) is 0 Å². The number of fused-ring (bicyclic) bond motifs is 1. The van der Waals surface area contributed by atoms with Crippen LogP contribution in [-0.4, -0.2) is 64.2 Å². The molecule has 3 aromatic heterocycles. The second-order valence-electron chi connectivity index (χ2n) is 7.65. The lowest BCUT2D eigenvalue weighted by molar-refractivity contribution is -0.129. The van der Waals surface area contributed by atoms with E-state index in [1.54, 1.807) is 15.9 Å². The predicted molar refractivity (Wildman–Crippen MR) is 133 cm³/mol. The minimum Gasteiger partial charge on any atom is -0.339 e. The van der Waals surface area contributed by atoms with E-state index in [1.165, 1.54) is 23.1 Å². The smallest absolute Gasteiger partial charge is 0.268 e. The predicted octanol–water partition coefficient (Wildman–Crippen LogP) is 4.04. The van der Waals surface area contributed by atoms with E-state index in [2.05, 4.69) is 11.9 Å². The third-order valence-corrected chi connectivity index (χ3v) is 8.26. The van der Waals surface area contributed by atoms with E-state index in [0.29, 0.717) is 15.4 Å². The molecular weight excluding hydrogens is 460 g/mol. The fraction of sp³-hybridized carbons (Fsp3) is 0.261. The third kappa shape index (κ3) is 4.13. The van der Waals surface area contributed by atoms with Crippen LogP contribution in [-0.2, 0) is 4.79 Å². The number of para-hydroxylation sites is 1. The maximum atomic E-state index is 13.7. The van der Waals surface area contributed by atoms with Crippen LogP contribution in [0, 0.1) is 0 Å². The highest BCUT2D eigenvalue weighted by Crippen LogP contribution is 2.35. The van der Waals surface area contributed by atoms with Crippen LogP contribution in [0.3, 0.4) is 0 Å². The molecule has 0 N–H and O–H groups in total. The molecule has 0 saturated carbocycles. The molecule has 5 rings (SSSR count). The zero-order valence-corrected chi connectivity index (χ0v) is 20.0. The molecule has 164 valence electrons. The minimum absolute atomic E-state index is 0.0857. The van der Waals surface area contributed by atoms with Gasteiger partial charge in [-0.3, -0.25) is 14.2 Å². The van der Waals surface area contributed by atoms with E-state index >= 15 is 0 Å². The van der Waals surface area contributed by atoms with Gasteiger partial charge in [0.2, 0.25) is 5.91 Å². The Bertz CT molecular complexity index is 1290. The lowest BCUT2D eigenvalue weighted by Gasteiger charge is -2.32. The summed E-state index contributed by atoms with van der Waals surface area (Å²) in [6.45, 7) is 3.25. The minimum atomic E-state index is -0.0969. The van der Waals surface area contributed by atoms with Gasteiger partial charge in [0.15, 0.2) is 5.16 Å². The summed E-state index contributed by atoms with van der Waals surface area (Å²) in [7, 11) is 2.07. The number of nitrogens with zero attached hydrogens (tertiary/aromatic N) is 4. The number of carbonyl (C=O) groups is 1. The first-order valence-corrected chi connectivity index (χ1v) is 13.1. The number of rotatable bonds is 5. The fourth-order valence-corrected chi connectivity index (χ4v) is 6.48. The molecule has 0 aliphatic carbocycles. The Kier molecular flexibility index (Phi) is 6.14. The molecular formula is C23H22N4O2S3. The van der Waals surface area contributed by atoms with Gasteiger partial charge >= 0.3 is 0 Å². The summed E-state index contributed by atoms with van der Waals surface area (Å²) in [4.78, 5) is 37.3. The molecule has 1 saturated heterocycles. The van der Waals surface area contributed by atoms with Gasteiger partial charge in [-0.1, -0.05) is 36.0 Å². The standard InChI is InChI=1S/C23H22N4O2S3/c1-25-9-11-26(12-10-25)19(28)15-32-23-24-21-20(17(14-31-21)18-8-5-13-30-18)22(29)27(23)16-6-3-2-4-7-16/h2-8,13-14H,9-12,15H2,1H3. The van der Waals surface area contributed by atoms with Crippen LogP contribution < -0.4 is 5.56 Å². The molecule has 0 bridgehead atoms. The number of piperazine rings is 1. The van der Waals surface area contributed by atoms with E-state index in [9.17, 15) is 9.59 Å². The first-order valence-electron chi connectivity index (χ1n) is 10.3. The second kappa shape index (κ2) is 9.19. The molecule has 4 heterocycles. The number of carbonyl (C=O) groups excluding carboxylic acids is 1. The Morgan fingerprint density at radius 3 is 2.56 bits per heavy atom. The number of hydrogen-bond acceptors (Lipinski definition) is 7. The number of benzene rings is 1. The topological polar surface area (TPSA) is 58.4 Å². The molecule has 1 aliphatic heterocycles. The largest absolute Gasteiger partial charge is 0.339 e. The third-order valence-electron chi connectivity index (χ3n) is 5.56. The van der Waals surface area contributed by atoms with Crippen LogP contribution in [0.4, 0.5) is 0 Å². The monoisotopic (exact) mass is 482 g/mol. The van der Waals surface area contributed by atoms with Gasteiger partial charge in [0.25, 0.3) is 5.56 Å². The van der Waals surface area contributed by atoms with Crippen molar-refractivity contribution in [2.45, 2.75) is 5.16 Å². The number of thioether (sulfide) groups is 1. The van der Waals surface area contributed by atoms with E-state index in [0.717, 1.165) is 42.3 Å². The van der Waals surface area contributed by atoms with Crippen LogP contribution >= 0.6 is 34.4 Å². The maximum absolute atomic E-state index is 13.7. The van der Waals surface area contributed by atoms with E-state index in [4.69, 9.17) is 4.98 Å². The molecule has 32 heavy (non-hydrogen) atoms. The zero-order valence-electron chi connectivity index (χ0n) is 17.6. The Hall–Kier alpha value is -2.46. The van der Waals surface area contributed by atoms with Crippen molar-refractivity contribution in [1.82, 2.24) is 19.4 Å². The van der Waals surface area contributed by atoms with Crippen molar-refractivity contribution in [2.75, 3.05) is 39.0 Å². The van der Waals surface area contributed by atoms with E-state index in [1.807, 2.05) is 58.1 Å². The molecule has 1 amide bonds. The highest BCUT2D eigenvalue weighted by molar-refractivity contribution is 7.99. The molecule has 1 fully saturated rings. The van der Waals surface area contributed by atoms with Crippen molar-refractivity contribution in [3.8, 4) is 16.1 Å². The van der Waals surface area contributed by atoms with Gasteiger partial charge in [-0.25, -0.2) is 4.98 Å². The van der Waals surface area contributed by atoms with Gasteiger partial charge in [-0.15, -0.1) is 22.7 Å². The first kappa shape index (κ1) is 21.4. The van der Waals surface area contributed by atoms with Crippen molar-refractivity contribution >= 4 is 50.6 Å². The quantitative estimate of drug-likeness (QED) is 0.317. The molecule has 1 aromatic carbocycles. The Labute approximate surface area is 198 Å².